The van der Waals surface area contributed by atoms with E-state index in [9.17, 15) is 26.3 Å². The molecule has 2 aliphatic heterocycles. The van der Waals surface area contributed by atoms with Crippen molar-refractivity contribution in [2.24, 2.45) is 0 Å². The lowest BCUT2D eigenvalue weighted by Gasteiger charge is -2.34. The normalized spacial score (nSPS) is 17.4. The Hall–Kier alpha value is -4.72. The molecule has 0 radical (unpaired) electrons. The largest absolute Gasteiger partial charge is 0.417 e. The monoisotopic (exact) mass is 600 g/mol. The van der Waals surface area contributed by atoms with Crippen molar-refractivity contribution in [3.63, 3.8) is 0 Å². The highest BCUT2D eigenvalue weighted by Gasteiger charge is 2.54. The molecule has 0 amide bonds. The van der Waals surface area contributed by atoms with E-state index in [1.807, 2.05) is 89.1 Å². The minimum atomic E-state index is -5.24. The van der Waals surface area contributed by atoms with Crippen LogP contribution < -0.4 is 9.13 Å². The zero-order valence-corrected chi connectivity index (χ0v) is 23.5. The van der Waals surface area contributed by atoms with Gasteiger partial charge in [0.05, 0.1) is 22.6 Å². The van der Waals surface area contributed by atoms with E-state index in [0.717, 1.165) is 33.5 Å². The number of nitrogens with zero attached hydrogens (tertiary/aromatic N) is 2. The third-order valence-electron chi connectivity index (χ3n) is 8.73. The number of hydrogen-bond acceptors (Lipinski definition) is 0. The fourth-order valence-electron chi connectivity index (χ4n) is 6.91. The Bertz CT molecular complexity index is 1960. The number of halogens is 6. The van der Waals surface area contributed by atoms with Crippen LogP contribution in [0, 0.1) is 6.92 Å². The van der Waals surface area contributed by atoms with Gasteiger partial charge in [0.2, 0.25) is 23.1 Å². The van der Waals surface area contributed by atoms with Crippen molar-refractivity contribution in [3.8, 4) is 33.6 Å². The van der Waals surface area contributed by atoms with Crippen molar-refractivity contribution >= 4 is 5.70 Å². The molecule has 8 heteroatoms. The van der Waals surface area contributed by atoms with Crippen LogP contribution >= 0.6 is 0 Å². The quantitative estimate of drug-likeness (QED) is 0.134. The van der Waals surface area contributed by atoms with Crippen molar-refractivity contribution in [2.75, 3.05) is 0 Å². The molecule has 0 fully saturated rings. The molecule has 5 aromatic rings. The first-order valence-corrected chi connectivity index (χ1v) is 14.2. The number of aromatic nitrogens is 2. The summed E-state index contributed by atoms with van der Waals surface area (Å²) in [6.45, 7) is 6.29. The molecule has 0 saturated carbocycles. The van der Waals surface area contributed by atoms with Gasteiger partial charge in [-0.2, -0.15) is 35.5 Å². The van der Waals surface area contributed by atoms with Crippen LogP contribution in [0.4, 0.5) is 26.3 Å². The van der Waals surface area contributed by atoms with Crippen LogP contribution in [0.15, 0.2) is 110 Å². The van der Waals surface area contributed by atoms with Crippen LogP contribution in [0.25, 0.3) is 39.3 Å². The summed E-state index contributed by atoms with van der Waals surface area (Å²) in [7, 11) is 0. The summed E-state index contributed by atoms with van der Waals surface area (Å²) in [5.74, 6) is -0.994. The molecule has 0 saturated heterocycles. The summed E-state index contributed by atoms with van der Waals surface area (Å²) >= 11 is 0. The predicted octanol–water partition coefficient (Wildman–Crippen LogP) is 8.97. The van der Waals surface area contributed by atoms with E-state index in [1.54, 1.807) is 18.2 Å². The van der Waals surface area contributed by atoms with Gasteiger partial charge >= 0.3 is 12.4 Å². The second-order valence-electron chi connectivity index (χ2n) is 11.4. The van der Waals surface area contributed by atoms with Crippen LogP contribution in [-0.2, 0) is 18.8 Å². The molecule has 2 unspecified atom stereocenters. The first-order valence-electron chi connectivity index (χ1n) is 14.2. The molecular formula is C36H26F6N2+2. The molecule has 0 spiro atoms. The number of fused-ring (bicyclic) bond motifs is 9. The number of aryl methyl sites for hydroxylation is 1. The number of alkyl halides is 6. The molecular weight excluding hydrogens is 574 g/mol. The van der Waals surface area contributed by atoms with Gasteiger partial charge in [-0.1, -0.05) is 48.5 Å². The summed E-state index contributed by atoms with van der Waals surface area (Å²) in [4.78, 5) is 0. The summed E-state index contributed by atoms with van der Waals surface area (Å²) in [6.07, 6.45) is -6.67. The molecule has 0 aliphatic carbocycles. The van der Waals surface area contributed by atoms with Gasteiger partial charge < -0.3 is 0 Å². The van der Waals surface area contributed by atoms with Gasteiger partial charge in [-0.25, -0.2) is 0 Å². The Kier molecular flexibility index (Phi) is 6.32. The van der Waals surface area contributed by atoms with Gasteiger partial charge in [-0.05, 0) is 66.4 Å². The highest BCUT2D eigenvalue weighted by molar-refractivity contribution is 5.74. The van der Waals surface area contributed by atoms with Crippen LogP contribution in [-0.4, -0.2) is 0 Å². The smallest absolute Gasteiger partial charge is 0.184 e. The third kappa shape index (κ3) is 4.43. The molecule has 44 heavy (non-hydrogen) atoms. The van der Waals surface area contributed by atoms with Crippen LogP contribution in [0.2, 0.25) is 0 Å². The van der Waals surface area contributed by atoms with E-state index < -0.39 is 35.4 Å². The van der Waals surface area contributed by atoms with Gasteiger partial charge in [-0.15, -0.1) is 0 Å². The summed E-state index contributed by atoms with van der Waals surface area (Å²) in [5.41, 5.74) is 2.49. The van der Waals surface area contributed by atoms with E-state index in [4.69, 9.17) is 0 Å². The average molecular weight is 601 g/mol. The molecule has 2 aromatic heterocycles. The molecule has 220 valence electrons. The zero-order valence-electron chi connectivity index (χ0n) is 23.5. The highest BCUT2D eigenvalue weighted by atomic mass is 19.4. The van der Waals surface area contributed by atoms with Gasteiger partial charge in [-0.3, -0.25) is 0 Å². The van der Waals surface area contributed by atoms with Crippen molar-refractivity contribution in [1.82, 2.24) is 0 Å². The van der Waals surface area contributed by atoms with E-state index in [2.05, 4.69) is 6.58 Å². The Labute approximate surface area is 250 Å². The summed E-state index contributed by atoms with van der Waals surface area (Å²) < 4.78 is 91.0. The lowest BCUT2D eigenvalue weighted by molar-refractivity contribution is -0.727. The minimum absolute atomic E-state index is 0.0766. The maximum Gasteiger partial charge on any atom is 0.417 e. The van der Waals surface area contributed by atoms with Crippen LogP contribution in [0.5, 0.6) is 0 Å². The Morgan fingerprint density at radius 3 is 2.18 bits per heavy atom. The number of rotatable bonds is 1. The van der Waals surface area contributed by atoms with Gasteiger partial charge in [0, 0.05) is 29.3 Å². The molecule has 2 atom stereocenters. The highest BCUT2D eigenvalue weighted by Crippen LogP contribution is 2.52. The lowest BCUT2D eigenvalue weighted by atomic mass is 9.73. The maximum absolute atomic E-state index is 14.9. The Morgan fingerprint density at radius 1 is 0.727 bits per heavy atom. The fourth-order valence-corrected chi connectivity index (χ4v) is 6.91. The zero-order chi connectivity index (χ0) is 31.0. The van der Waals surface area contributed by atoms with E-state index >= 15 is 0 Å². The molecule has 0 N–H and O–H groups in total. The number of hydrogen-bond donors (Lipinski definition) is 0. The van der Waals surface area contributed by atoms with E-state index in [1.165, 1.54) is 6.07 Å². The first-order chi connectivity index (χ1) is 20.9. The first kappa shape index (κ1) is 28.1. The number of allylic oxidation sites excluding steroid dienone is 1. The molecule has 2 aliphatic rings. The van der Waals surface area contributed by atoms with Crippen LogP contribution in [0.1, 0.15) is 39.8 Å². The van der Waals surface area contributed by atoms with Crippen molar-refractivity contribution < 1.29 is 35.5 Å². The number of benzene rings is 3. The Morgan fingerprint density at radius 2 is 1.45 bits per heavy atom. The second kappa shape index (κ2) is 9.91. The Balaban J connectivity index is 1.56. The average Bonchev–Trinajstić information content (AvgIpc) is 2.99. The SMILES string of the molecule is C=C1C2C(Cc3ccccc3-c3cc(-c4ccccc4)cc[n+]31)c1c(ccc(C(F)(F)F)c1C(F)(F)F)-c1ccc(C)c[n+]12. The molecule has 0 bridgehead atoms. The van der Waals surface area contributed by atoms with Crippen molar-refractivity contribution in [1.29, 1.82) is 0 Å². The molecule has 2 nitrogen and oxygen atoms in total. The fraction of sp³-hybridized carbons (Fsp3) is 0.167. The molecule has 3 aromatic carbocycles. The van der Waals surface area contributed by atoms with Crippen molar-refractivity contribution in [2.45, 2.75) is 37.7 Å². The second-order valence-corrected chi connectivity index (χ2v) is 11.4. The summed E-state index contributed by atoms with van der Waals surface area (Å²) in [5, 5.41) is 0. The number of pyridine rings is 2. The minimum Gasteiger partial charge on any atom is -0.184 e. The van der Waals surface area contributed by atoms with E-state index in [0.29, 0.717) is 17.5 Å². The van der Waals surface area contributed by atoms with Gasteiger partial charge in [0.15, 0.2) is 12.4 Å². The lowest BCUT2D eigenvalue weighted by Crippen LogP contribution is -2.55. The van der Waals surface area contributed by atoms with E-state index in [-0.39, 0.29) is 17.5 Å². The molecule has 7 rings (SSSR count). The van der Waals surface area contributed by atoms with Crippen LogP contribution in [0.3, 0.4) is 0 Å². The van der Waals surface area contributed by atoms with Gasteiger partial charge in [0.25, 0.3) is 0 Å². The summed E-state index contributed by atoms with van der Waals surface area (Å²) in [6, 6.07) is 25.5. The maximum atomic E-state index is 14.9. The van der Waals surface area contributed by atoms with Crippen molar-refractivity contribution in [3.05, 3.63) is 138 Å². The standard InChI is InChI=1S/C36H26F6N2/c1-21-12-15-30-27-13-14-29(35(37,38)39)33(36(40,41)42)32(27)28-18-25-10-6-7-11-26(25)31-19-24(23-8-4-3-5-9-23)16-17-43(31)22(2)34(28)44(30)20-21/h3-17,19-20,28,34H,2,18H2,1H3/q+2. The van der Waals surface area contributed by atoms with Gasteiger partial charge in [0.1, 0.15) is 0 Å². The third-order valence-corrected chi connectivity index (χ3v) is 8.73. The molecule has 4 heterocycles. The topological polar surface area (TPSA) is 7.76 Å². The predicted molar refractivity (Wildman–Crippen MR) is 155 cm³/mol.